The molecule has 3 fully saturated rings. The minimum Gasteiger partial charge on any atom is -0.356 e. The number of fused-ring (bicyclic) bond motifs is 1. The molecule has 11 heteroatoms. The summed E-state index contributed by atoms with van der Waals surface area (Å²) in [5, 5.41) is 5.06. The molecule has 1 aromatic rings. The second-order valence-corrected chi connectivity index (χ2v) is 9.52. The van der Waals surface area contributed by atoms with Gasteiger partial charge in [-0.15, -0.1) is 0 Å². The maximum Gasteiger partial charge on any atom is 0.350 e. The molecule has 1 saturated carbocycles. The van der Waals surface area contributed by atoms with Gasteiger partial charge in [0, 0.05) is 24.6 Å². The van der Waals surface area contributed by atoms with Crippen molar-refractivity contribution in [3.63, 3.8) is 0 Å². The summed E-state index contributed by atoms with van der Waals surface area (Å²) in [6.07, 6.45) is 2.25. The van der Waals surface area contributed by atoms with Gasteiger partial charge in [0.25, 0.3) is 5.91 Å². The maximum atomic E-state index is 15.1. The Morgan fingerprint density at radius 2 is 1.97 bits per heavy atom. The lowest BCUT2D eigenvalue weighted by Gasteiger charge is -2.31. The Hall–Kier alpha value is -2.98. The van der Waals surface area contributed by atoms with E-state index < -0.39 is 65.5 Å². The van der Waals surface area contributed by atoms with Crippen molar-refractivity contribution < 1.29 is 36.7 Å². The molecule has 1 aliphatic carbocycles. The van der Waals surface area contributed by atoms with E-state index in [1.54, 1.807) is 0 Å². The van der Waals surface area contributed by atoms with E-state index in [4.69, 9.17) is 0 Å². The summed E-state index contributed by atoms with van der Waals surface area (Å²) in [4.78, 5) is 51.3. The molecule has 4 rings (SSSR count). The van der Waals surface area contributed by atoms with Crippen molar-refractivity contribution in [2.45, 2.75) is 50.1 Å². The zero-order valence-electron chi connectivity index (χ0n) is 18.9. The van der Waals surface area contributed by atoms with Gasteiger partial charge in [-0.05, 0) is 49.7 Å². The Morgan fingerprint density at radius 3 is 2.63 bits per heavy atom. The van der Waals surface area contributed by atoms with Crippen molar-refractivity contribution in [1.29, 1.82) is 0 Å². The third kappa shape index (κ3) is 4.90. The summed E-state index contributed by atoms with van der Waals surface area (Å²) in [5.74, 6) is -9.84. The number of amides is 3. The fourth-order valence-electron chi connectivity index (χ4n) is 5.61. The third-order valence-corrected chi connectivity index (χ3v) is 7.40. The average Bonchev–Trinajstić information content (AvgIpc) is 3.53. The minimum atomic E-state index is -4.07. The van der Waals surface area contributed by atoms with E-state index in [1.165, 1.54) is 0 Å². The van der Waals surface area contributed by atoms with E-state index in [9.17, 15) is 28.0 Å². The number of carbonyl (C=O) groups excluding carboxylic acids is 4. The summed E-state index contributed by atoms with van der Waals surface area (Å²) >= 11 is 0. The fraction of sp³-hybridized carbons (Fsp3) is 0.583. The first-order chi connectivity index (χ1) is 16.6. The Labute approximate surface area is 199 Å². The zero-order chi connectivity index (χ0) is 25.3. The van der Waals surface area contributed by atoms with E-state index in [1.807, 2.05) is 0 Å². The highest BCUT2D eigenvalue weighted by molar-refractivity contribution is 5.95. The molecule has 190 valence electrons. The van der Waals surface area contributed by atoms with E-state index >= 15 is 8.78 Å². The molecule has 2 saturated heterocycles. The van der Waals surface area contributed by atoms with Gasteiger partial charge in [0.05, 0.1) is 6.04 Å². The number of nitrogens with zero attached hydrogens (tertiary/aromatic N) is 1. The SMILES string of the molecule is O=C1NCC[C@@H]1C[C@@H](NC(=O)[C@@H]1[C@H]2CCC[C@H]2CN1C(=O)C(F)(F)c1cccc(F)c1)C(=O)CF. The molecular weight excluding hydrogens is 470 g/mol. The molecule has 0 spiro atoms. The monoisotopic (exact) mass is 497 g/mol. The first kappa shape index (κ1) is 25.1. The van der Waals surface area contributed by atoms with Gasteiger partial charge in [-0.1, -0.05) is 18.6 Å². The Kier molecular flexibility index (Phi) is 7.14. The Bertz CT molecular complexity index is 1020. The molecule has 1 aromatic carbocycles. The number of hydrogen-bond acceptors (Lipinski definition) is 4. The Morgan fingerprint density at radius 1 is 1.20 bits per heavy atom. The molecule has 3 amide bonds. The summed E-state index contributed by atoms with van der Waals surface area (Å²) in [7, 11) is 0. The zero-order valence-corrected chi connectivity index (χ0v) is 18.9. The van der Waals surface area contributed by atoms with Gasteiger partial charge in [0.2, 0.25) is 11.8 Å². The minimum absolute atomic E-state index is 0.0702. The number of benzene rings is 1. The van der Waals surface area contributed by atoms with E-state index in [-0.39, 0.29) is 24.8 Å². The van der Waals surface area contributed by atoms with E-state index in [2.05, 4.69) is 10.6 Å². The predicted molar refractivity (Wildman–Crippen MR) is 115 cm³/mol. The number of rotatable bonds is 8. The van der Waals surface area contributed by atoms with Gasteiger partial charge < -0.3 is 15.5 Å². The lowest BCUT2D eigenvalue weighted by atomic mass is 9.92. The lowest BCUT2D eigenvalue weighted by molar-refractivity contribution is -0.162. The van der Waals surface area contributed by atoms with Crippen molar-refractivity contribution in [3.8, 4) is 0 Å². The highest BCUT2D eigenvalue weighted by Gasteiger charge is 2.55. The number of alkyl halides is 3. The molecule has 0 radical (unpaired) electrons. The van der Waals surface area contributed by atoms with Crippen LogP contribution in [0, 0.1) is 23.6 Å². The molecule has 2 N–H and O–H groups in total. The number of likely N-dealkylation sites (tertiary alicyclic amines) is 1. The van der Waals surface area contributed by atoms with Crippen molar-refractivity contribution >= 4 is 23.5 Å². The van der Waals surface area contributed by atoms with Gasteiger partial charge in [-0.25, -0.2) is 8.78 Å². The summed E-state index contributed by atoms with van der Waals surface area (Å²) in [5.41, 5.74) is -0.823. The van der Waals surface area contributed by atoms with Crippen molar-refractivity contribution in [2.75, 3.05) is 19.8 Å². The van der Waals surface area contributed by atoms with Crippen LogP contribution in [0.15, 0.2) is 24.3 Å². The van der Waals surface area contributed by atoms with Crippen LogP contribution in [0.5, 0.6) is 0 Å². The van der Waals surface area contributed by atoms with E-state index in [0.717, 1.165) is 29.5 Å². The van der Waals surface area contributed by atoms with Gasteiger partial charge in [-0.3, -0.25) is 19.2 Å². The number of hydrogen-bond donors (Lipinski definition) is 2. The first-order valence-corrected chi connectivity index (χ1v) is 11.7. The van der Waals surface area contributed by atoms with Crippen LogP contribution >= 0.6 is 0 Å². The summed E-state index contributed by atoms with van der Waals surface area (Å²) < 4.78 is 57.0. The quantitative estimate of drug-likeness (QED) is 0.538. The van der Waals surface area contributed by atoms with Crippen LogP contribution in [0.25, 0.3) is 0 Å². The normalized spacial score (nSPS) is 26.9. The van der Waals surface area contributed by atoms with Gasteiger partial charge in [0.15, 0.2) is 5.78 Å². The van der Waals surface area contributed by atoms with Crippen LogP contribution in [-0.4, -0.2) is 60.3 Å². The molecule has 5 atom stereocenters. The van der Waals surface area contributed by atoms with Crippen LogP contribution < -0.4 is 10.6 Å². The molecule has 0 aromatic heterocycles. The topological polar surface area (TPSA) is 95.6 Å². The van der Waals surface area contributed by atoms with Gasteiger partial charge >= 0.3 is 5.92 Å². The first-order valence-electron chi connectivity index (χ1n) is 11.7. The van der Waals surface area contributed by atoms with Crippen molar-refractivity contribution in [1.82, 2.24) is 15.5 Å². The maximum absolute atomic E-state index is 15.1. The van der Waals surface area contributed by atoms with Crippen LogP contribution in [0.2, 0.25) is 0 Å². The molecular formula is C24H27F4N3O4. The van der Waals surface area contributed by atoms with Crippen molar-refractivity contribution in [3.05, 3.63) is 35.6 Å². The number of nitrogens with one attached hydrogen (secondary N) is 2. The molecule has 0 unspecified atom stereocenters. The lowest BCUT2D eigenvalue weighted by Crippen LogP contribution is -2.55. The number of halogens is 4. The average molecular weight is 497 g/mol. The molecule has 2 heterocycles. The molecule has 0 bridgehead atoms. The second-order valence-electron chi connectivity index (χ2n) is 9.52. The third-order valence-electron chi connectivity index (χ3n) is 7.40. The molecule has 3 aliphatic rings. The highest BCUT2D eigenvalue weighted by atomic mass is 19.3. The standard InChI is InChI=1S/C24H27F4N3O4/c25-11-19(32)18(9-13-7-8-29-21(13)33)30-22(34)20-17-6-1-3-14(17)12-31(20)23(35)24(27,28)15-4-2-5-16(26)10-15/h2,4-5,10,13-14,17-18,20H,1,3,6-9,11-12H2,(H,29,33)(H,30,34)/t13-,14+,17+,18-,20+/m1/s1. The summed E-state index contributed by atoms with van der Waals surface area (Å²) in [6.45, 7) is -1.03. The van der Waals surface area contributed by atoms with Crippen LogP contribution in [0.3, 0.4) is 0 Å². The van der Waals surface area contributed by atoms with E-state index in [0.29, 0.717) is 31.9 Å². The van der Waals surface area contributed by atoms with Crippen LogP contribution in [0.1, 0.15) is 37.7 Å². The number of ketones is 1. The van der Waals surface area contributed by atoms with Gasteiger partial charge in [-0.2, -0.15) is 8.78 Å². The largest absolute Gasteiger partial charge is 0.356 e. The molecule has 7 nitrogen and oxygen atoms in total. The Balaban J connectivity index is 1.57. The van der Waals surface area contributed by atoms with Crippen LogP contribution in [0.4, 0.5) is 17.6 Å². The smallest absolute Gasteiger partial charge is 0.350 e. The van der Waals surface area contributed by atoms with Crippen LogP contribution in [-0.2, 0) is 25.1 Å². The fourth-order valence-corrected chi connectivity index (χ4v) is 5.61. The van der Waals surface area contributed by atoms with Gasteiger partial charge in [0.1, 0.15) is 18.5 Å². The van der Waals surface area contributed by atoms with Crippen molar-refractivity contribution in [2.24, 2.45) is 17.8 Å². The molecule has 2 aliphatic heterocycles. The summed E-state index contributed by atoms with van der Waals surface area (Å²) in [6, 6.07) is 0.972. The molecule has 35 heavy (non-hydrogen) atoms. The second kappa shape index (κ2) is 9.94. The number of carbonyl (C=O) groups is 4. The predicted octanol–water partition coefficient (Wildman–Crippen LogP) is 2.09. The number of Topliss-reactive ketones (excluding diaryl/α,β-unsaturated/α-hetero) is 1. The highest BCUT2D eigenvalue weighted by Crippen LogP contribution is 2.44.